The van der Waals surface area contributed by atoms with E-state index in [0.717, 1.165) is 101 Å². The van der Waals surface area contributed by atoms with E-state index in [2.05, 4.69) is 32.1 Å². The number of nitrogens with one attached hydrogen (secondary N) is 1. The fourth-order valence-electron chi connectivity index (χ4n) is 5.23. The van der Waals surface area contributed by atoms with Gasteiger partial charge in [0.2, 0.25) is 11.9 Å². The minimum atomic E-state index is -0.206. The first-order chi connectivity index (χ1) is 22.1. The maximum atomic E-state index is 12.2. The lowest BCUT2D eigenvalue weighted by Gasteiger charge is -2.30. The summed E-state index contributed by atoms with van der Waals surface area (Å²) in [5.41, 5.74) is 11.7. The molecule has 5 rings (SSSR count). The molecule has 0 bridgehead atoms. The number of ether oxygens (including phenoxy) is 1. The maximum absolute atomic E-state index is 12.2. The van der Waals surface area contributed by atoms with E-state index in [4.69, 9.17) is 20.8 Å². The number of carbonyl (C=O) groups is 2. The molecule has 13 heteroatoms. The molecule has 3 aliphatic heterocycles. The van der Waals surface area contributed by atoms with Crippen LogP contribution in [0.4, 0.5) is 10.7 Å². The third-order valence-electron chi connectivity index (χ3n) is 8.19. The highest BCUT2D eigenvalue weighted by Gasteiger charge is 2.23. The summed E-state index contributed by atoms with van der Waals surface area (Å²) < 4.78 is 14.3. The van der Waals surface area contributed by atoms with Gasteiger partial charge in [-0.1, -0.05) is 39.0 Å². The van der Waals surface area contributed by atoms with E-state index in [9.17, 15) is 9.59 Å². The van der Waals surface area contributed by atoms with Crippen LogP contribution < -0.4 is 26.4 Å². The number of amidine groups is 1. The van der Waals surface area contributed by atoms with Gasteiger partial charge in [0, 0.05) is 68.0 Å². The van der Waals surface area contributed by atoms with Crippen molar-refractivity contribution in [2.75, 3.05) is 44.2 Å². The third kappa shape index (κ3) is 13.5. The Kier molecular flexibility index (Phi) is 16.1. The molecular weight excluding hydrogens is 604 g/mol. The smallest absolute Gasteiger partial charge is 0.345 e. The van der Waals surface area contributed by atoms with E-state index >= 15 is 0 Å². The van der Waals surface area contributed by atoms with Crippen LogP contribution in [0, 0.1) is 17.8 Å². The summed E-state index contributed by atoms with van der Waals surface area (Å²) in [6.45, 7) is 10.7. The van der Waals surface area contributed by atoms with E-state index < -0.39 is 0 Å². The van der Waals surface area contributed by atoms with Crippen LogP contribution in [0.3, 0.4) is 0 Å². The first-order valence-corrected chi connectivity index (χ1v) is 17.1. The zero-order valence-corrected chi connectivity index (χ0v) is 28.3. The number of likely N-dealkylation sites (tertiary alicyclic amines) is 1. The molecule has 12 nitrogen and oxygen atoms in total. The van der Waals surface area contributed by atoms with Crippen molar-refractivity contribution < 1.29 is 18.9 Å². The van der Waals surface area contributed by atoms with Crippen LogP contribution in [0.1, 0.15) is 65.7 Å². The fraction of sp³-hybridized carbons (Fsp3) is 0.606. The average molecular weight is 657 g/mol. The third-order valence-corrected chi connectivity index (χ3v) is 8.67. The van der Waals surface area contributed by atoms with Crippen LogP contribution >= 0.6 is 12.0 Å². The molecule has 46 heavy (non-hydrogen) atoms. The Bertz CT molecular complexity index is 1210. The van der Waals surface area contributed by atoms with Gasteiger partial charge < -0.3 is 35.9 Å². The minimum Gasteiger partial charge on any atom is -0.490 e. The standard InChI is InChI=1S/C21H35N7O2.C6H11NO.C6H6OS/c1-15(2)19(23)26-21(29)27-8-5-16(6-9-27)4-3-11-30-18-12-24-20(25-13-18)28-10-7-17(22)14-28;1-5-2-3-7-6(8)4-5;7-8-6-4-2-1-3-5-6/h12-13,15-17H,3-11,14,22H2,1-2H3,(H2,23,26,29);5H,2-4H2,1H3,(H,7,8);1-5,7H/t;5-;/m.1./s1. The fourth-order valence-corrected chi connectivity index (χ4v) is 5.51. The molecule has 2 atom stereocenters. The van der Waals surface area contributed by atoms with E-state index in [1.54, 1.807) is 17.3 Å². The Morgan fingerprint density at radius 2 is 1.83 bits per heavy atom. The van der Waals surface area contributed by atoms with Crippen molar-refractivity contribution in [3.05, 3.63) is 42.7 Å². The number of hydrogen-bond donors (Lipinski definition) is 4. The SMILES string of the molecule is CC(C)/C(N)=N/C(=O)N1CCC(CCCOc2cnc(N3CCC(N)C3)nc2)CC1.C[C@@H]1CCNC(=O)C1.OSc1ccccc1. The van der Waals surface area contributed by atoms with Gasteiger partial charge in [-0.25, -0.2) is 14.8 Å². The molecule has 3 amide bonds. The minimum absolute atomic E-state index is 0.0895. The van der Waals surface area contributed by atoms with Crippen LogP contribution in [0.5, 0.6) is 5.75 Å². The highest BCUT2D eigenvalue weighted by Crippen LogP contribution is 2.23. The van der Waals surface area contributed by atoms with Crippen LogP contribution in [-0.2, 0) is 4.79 Å². The molecule has 1 aromatic carbocycles. The molecule has 0 aliphatic carbocycles. The maximum Gasteiger partial charge on any atom is 0.345 e. The molecule has 2 aromatic rings. The van der Waals surface area contributed by atoms with E-state index in [1.807, 2.05) is 44.2 Å². The first-order valence-electron chi connectivity index (χ1n) is 16.4. The molecule has 254 valence electrons. The van der Waals surface area contributed by atoms with Gasteiger partial charge in [-0.2, -0.15) is 4.99 Å². The van der Waals surface area contributed by atoms with Gasteiger partial charge in [0.1, 0.15) is 5.84 Å². The second-order valence-corrected chi connectivity index (χ2v) is 13.1. The van der Waals surface area contributed by atoms with E-state index in [1.165, 1.54) is 0 Å². The Morgan fingerprint density at radius 3 is 2.35 bits per heavy atom. The van der Waals surface area contributed by atoms with Crippen LogP contribution in [0.2, 0.25) is 0 Å². The molecule has 3 fully saturated rings. The molecule has 3 saturated heterocycles. The van der Waals surface area contributed by atoms with E-state index in [-0.39, 0.29) is 23.9 Å². The van der Waals surface area contributed by atoms with Crippen LogP contribution in [-0.4, -0.2) is 82.6 Å². The first kappa shape index (κ1) is 37.0. The van der Waals surface area contributed by atoms with Crippen molar-refractivity contribution in [1.82, 2.24) is 20.2 Å². The Balaban J connectivity index is 0.000000291. The Morgan fingerprint density at radius 1 is 1.13 bits per heavy atom. The van der Waals surface area contributed by atoms with Crippen LogP contribution in [0.15, 0.2) is 52.6 Å². The van der Waals surface area contributed by atoms with Gasteiger partial charge >= 0.3 is 6.03 Å². The summed E-state index contributed by atoms with van der Waals surface area (Å²) in [5.74, 6) is 3.33. The number of aromatic nitrogens is 2. The lowest BCUT2D eigenvalue weighted by atomic mass is 9.92. The second-order valence-electron chi connectivity index (χ2n) is 12.5. The topological polar surface area (TPSA) is 172 Å². The van der Waals surface area contributed by atoms with Crippen molar-refractivity contribution in [2.45, 2.75) is 76.7 Å². The van der Waals surface area contributed by atoms with Crippen molar-refractivity contribution in [3.63, 3.8) is 0 Å². The number of piperidine rings is 2. The molecule has 3 aliphatic rings. The number of amides is 3. The number of urea groups is 1. The molecule has 0 saturated carbocycles. The molecular formula is C33H52N8O4S. The number of aliphatic imine (C=N–C) groups is 1. The Hall–Kier alpha value is -3.42. The number of carbonyl (C=O) groups excluding carboxylic acids is 2. The van der Waals surface area contributed by atoms with Crippen molar-refractivity contribution >= 4 is 35.8 Å². The number of nitrogens with two attached hydrogens (primary N) is 2. The Labute approximate surface area is 278 Å². The second kappa shape index (κ2) is 20.0. The van der Waals surface area contributed by atoms with Gasteiger partial charge in [0.15, 0.2) is 5.75 Å². The van der Waals surface area contributed by atoms with Crippen molar-refractivity contribution in [2.24, 2.45) is 34.2 Å². The summed E-state index contributed by atoms with van der Waals surface area (Å²) in [5, 5.41) is 2.77. The number of benzene rings is 1. The van der Waals surface area contributed by atoms with Gasteiger partial charge in [0.25, 0.3) is 0 Å². The van der Waals surface area contributed by atoms with Gasteiger partial charge in [0.05, 0.1) is 19.0 Å². The molecule has 4 heterocycles. The summed E-state index contributed by atoms with van der Waals surface area (Å²) in [6, 6.07) is 9.40. The predicted molar refractivity (Wildman–Crippen MR) is 184 cm³/mol. The summed E-state index contributed by atoms with van der Waals surface area (Å²) in [7, 11) is 0. The largest absolute Gasteiger partial charge is 0.490 e. The van der Waals surface area contributed by atoms with Gasteiger partial charge in [-0.3, -0.25) is 4.79 Å². The highest BCUT2D eigenvalue weighted by atomic mass is 32.2. The number of anilines is 1. The van der Waals surface area contributed by atoms with Gasteiger partial charge in [-0.15, -0.1) is 0 Å². The van der Waals surface area contributed by atoms with E-state index in [0.29, 0.717) is 30.0 Å². The summed E-state index contributed by atoms with van der Waals surface area (Å²) >= 11 is 0.769. The lowest BCUT2D eigenvalue weighted by molar-refractivity contribution is -0.123. The summed E-state index contributed by atoms with van der Waals surface area (Å²) in [6.07, 6.45) is 10.4. The quantitative estimate of drug-likeness (QED) is 0.134. The molecule has 0 spiro atoms. The van der Waals surface area contributed by atoms with Crippen LogP contribution in [0.25, 0.3) is 0 Å². The number of hydrogen-bond acceptors (Lipinski definition) is 9. The lowest BCUT2D eigenvalue weighted by Crippen LogP contribution is -2.38. The van der Waals surface area contributed by atoms with Crippen molar-refractivity contribution in [1.29, 1.82) is 0 Å². The summed E-state index contributed by atoms with van der Waals surface area (Å²) in [4.78, 5) is 40.3. The normalized spacial score (nSPS) is 20.3. The number of rotatable bonds is 8. The zero-order valence-electron chi connectivity index (χ0n) is 27.5. The molecule has 6 N–H and O–H groups in total. The molecule has 0 radical (unpaired) electrons. The predicted octanol–water partition coefficient (Wildman–Crippen LogP) is 4.80. The zero-order chi connectivity index (χ0) is 33.3. The van der Waals surface area contributed by atoms with Gasteiger partial charge in [-0.05, 0) is 62.5 Å². The highest BCUT2D eigenvalue weighted by molar-refractivity contribution is 7.93. The average Bonchev–Trinajstić information content (AvgIpc) is 3.50. The molecule has 1 unspecified atom stereocenters. The number of nitrogens with zero attached hydrogens (tertiary/aromatic N) is 5. The molecule has 1 aromatic heterocycles. The van der Waals surface area contributed by atoms with Crippen molar-refractivity contribution in [3.8, 4) is 5.75 Å². The monoisotopic (exact) mass is 656 g/mol.